The molecule has 358 valence electrons. The van der Waals surface area contributed by atoms with Crippen molar-refractivity contribution >= 4 is 11.4 Å². The molecule has 0 atom stereocenters. The summed E-state index contributed by atoms with van der Waals surface area (Å²) in [6, 6.07) is 21.7. The van der Waals surface area contributed by atoms with Crippen molar-refractivity contribution in [3.63, 3.8) is 0 Å². The van der Waals surface area contributed by atoms with Gasteiger partial charge in [-0.3, -0.25) is 0 Å². The van der Waals surface area contributed by atoms with Crippen LogP contribution in [0.1, 0.15) is 157 Å². The van der Waals surface area contributed by atoms with Gasteiger partial charge in [0.2, 0.25) is 0 Å². The molecule has 0 aromatic heterocycles. The van der Waals surface area contributed by atoms with Crippen LogP contribution in [-0.4, -0.2) is 26.2 Å². The molecule has 0 spiro atoms. The van der Waals surface area contributed by atoms with Crippen molar-refractivity contribution in [2.24, 2.45) is 0 Å². The molecule has 2 aliphatic carbocycles. The van der Waals surface area contributed by atoms with Crippen molar-refractivity contribution in [1.82, 2.24) is 0 Å². The molecule has 8 heteroatoms. The third-order valence-corrected chi connectivity index (χ3v) is 12.0. The van der Waals surface area contributed by atoms with Gasteiger partial charge in [0.15, 0.2) is 0 Å². The quantitative estimate of drug-likeness (QED) is 0.0808. The lowest BCUT2D eigenvalue weighted by Gasteiger charge is -2.25. The van der Waals surface area contributed by atoms with Gasteiger partial charge < -0.3 is 9.80 Å². The number of rotatable bonds is 14. The van der Waals surface area contributed by atoms with Gasteiger partial charge >= 0.3 is 12.4 Å². The van der Waals surface area contributed by atoms with E-state index in [0.29, 0.717) is 44.5 Å². The zero-order chi connectivity index (χ0) is 51.1. The Morgan fingerprint density at radius 1 is 0.306 bits per heavy atom. The molecule has 2 nitrogen and oxygen atoms in total. The first-order valence-corrected chi connectivity index (χ1v) is 24.3. The number of unbranched alkanes of at least 4 members (excludes halogenated alkanes) is 4. The van der Waals surface area contributed by atoms with Gasteiger partial charge in [-0.15, -0.1) is 0 Å². The minimum Gasteiger partial charge on any atom is -0.372 e. The summed E-state index contributed by atoms with van der Waals surface area (Å²) < 4.78 is 84.5. The van der Waals surface area contributed by atoms with Crippen LogP contribution < -0.4 is 9.80 Å². The van der Waals surface area contributed by atoms with E-state index in [4.69, 9.17) is 0 Å². The third kappa shape index (κ3) is 13.5. The van der Waals surface area contributed by atoms with Crippen LogP contribution in [0.15, 0.2) is 84.9 Å². The highest BCUT2D eigenvalue weighted by Gasteiger charge is 2.32. The van der Waals surface area contributed by atoms with Gasteiger partial charge in [0.1, 0.15) is 0 Å². The second-order valence-electron chi connectivity index (χ2n) is 17.3. The number of fused-ring (bicyclic) bond motifs is 10. The Morgan fingerprint density at radius 2 is 0.556 bits per heavy atom. The molecule has 0 saturated heterocycles. The van der Waals surface area contributed by atoms with Crippen LogP contribution in [0, 0.1) is 94.7 Å². The van der Waals surface area contributed by atoms with E-state index in [-0.39, 0.29) is 22.3 Å². The Hall–Kier alpha value is -8.24. The molecule has 0 unspecified atom stereocenters. The van der Waals surface area contributed by atoms with Gasteiger partial charge in [-0.05, 0) is 134 Å². The summed E-state index contributed by atoms with van der Waals surface area (Å²) in [7, 11) is 0. The van der Waals surface area contributed by atoms with Gasteiger partial charge in [0.25, 0.3) is 0 Å². The molecule has 0 N–H and O–H groups in total. The molecule has 0 aliphatic heterocycles. The van der Waals surface area contributed by atoms with E-state index >= 15 is 0 Å². The van der Waals surface area contributed by atoms with Gasteiger partial charge in [0, 0.05) is 104 Å². The largest absolute Gasteiger partial charge is 0.416 e. The fourth-order valence-corrected chi connectivity index (χ4v) is 7.83. The highest BCUT2D eigenvalue weighted by molar-refractivity contribution is 5.69. The van der Waals surface area contributed by atoms with Crippen molar-refractivity contribution in [3.8, 4) is 94.7 Å². The number of benzene rings is 5. The average Bonchev–Trinajstić information content (AvgIpc) is 3.37. The van der Waals surface area contributed by atoms with E-state index in [1.165, 1.54) is 12.1 Å². The second-order valence-corrected chi connectivity index (χ2v) is 17.3. The molecule has 0 radical (unpaired) electrons. The highest BCUT2D eigenvalue weighted by Crippen LogP contribution is 2.32. The molecule has 0 heterocycles. The van der Waals surface area contributed by atoms with Crippen LogP contribution in [0.4, 0.5) is 37.7 Å². The monoisotopic (exact) mass is 960 g/mol. The zero-order valence-electron chi connectivity index (χ0n) is 40.7. The summed E-state index contributed by atoms with van der Waals surface area (Å²) in [4.78, 5) is 4.66. The van der Waals surface area contributed by atoms with Crippen LogP contribution in [-0.2, 0) is 12.4 Å². The van der Waals surface area contributed by atoms with Crippen molar-refractivity contribution in [2.75, 3.05) is 36.0 Å². The first-order chi connectivity index (χ1) is 34.8. The lowest BCUT2D eigenvalue weighted by molar-refractivity contribution is -0.138. The maximum Gasteiger partial charge on any atom is 0.416 e. The predicted molar refractivity (Wildman–Crippen MR) is 278 cm³/mol. The fraction of sp³-hybridized carbons (Fsp3) is 0.281. The second kappa shape index (κ2) is 24.1. The maximum atomic E-state index is 14.1. The molecule has 7 rings (SSSR count). The Bertz CT molecular complexity index is 3160. The van der Waals surface area contributed by atoms with Crippen molar-refractivity contribution in [2.45, 2.75) is 91.4 Å². The minimum absolute atomic E-state index is 0.0220. The SMILES string of the molecule is CCCCN(CCCC)c1ccc2c(c1)C#CC#Cc1cc(C(F)(F)F)ccc1C#Cc1cc(c3cc1C#Cc1ccc(C(F)(F)F)cc1C#CC#Cc1cc(N(CCCC)CCCC)ccc1C#C3)C#C2. The number of hydrogen-bond acceptors (Lipinski definition) is 2. The van der Waals surface area contributed by atoms with Crippen molar-refractivity contribution < 1.29 is 26.3 Å². The van der Waals surface area contributed by atoms with Gasteiger partial charge in [0.05, 0.1) is 11.1 Å². The van der Waals surface area contributed by atoms with Gasteiger partial charge in [-0.2, -0.15) is 26.3 Å². The third-order valence-electron chi connectivity index (χ3n) is 12.0. The molecule has 4 bridgehead atoms. The number of nitrogens with zero attached hydrogens (tertiary/aromatic N) is 2. The topological polar surface area (TPSA) is 6.48 Å². The van der Waals surface area contributed by atoms with Gasteiger partial charge in [-0.1, -0.05) is 124 Å². The van der Waals surface area contributed by atoms with E-state index in [9.17, 15) is 26.3 Å². The Labute approximate surface area is 421 Å². The number of hydrogen-bond donors (Lipinski definition) is 0. The Balaban J connectivity index is 1.52. The molecule has 0 amide bonds. The zero-order valence-corrected chi connectivity index (χ0v) is 40.7. The lowest BCUT2D eigenvalue weighted by Crippen LogP contribution is -2.25. The van der Waals surface area contributed by atoms with E-state index in [1.54, 1.807) is 12.1 Å². The summed E-state index contributed by atoms with van der Waals surface area (Å²) in [5.74, 6) is 48.9. The van der Waals surface area contributed by atoms with E-state index in [0.717, 1.165) is 113 Å². The van der Waals surface area contributed by atoms with E-state index in [1.807, 2.05) is 36.4 Å². The lowest BCUT2D eigenvalue weighted by atomic mass is 9.96. The minimum atomic E-state index is -4.64. The highest BCUT2D eigenvalue weighted by atomic mass is 19.4. The number of alkyl halides is 6. The van der Waals surface area contributed by atoms with Crippen LogP contribution in [0.25, 0.3) is 0 Å². The number of anilines is 2. The predicted octanol–water partition coefficient (Wildman–Crippen LogP) is 13.6. The van der Waals surface area contributed by atoms with Crippen LogP contribution >= 0.6 is 0 Å². The van der Waals surface area contributed by atoms with Crippen molar-refractivity contribution in [3.05, 3.63) is 163 Å². The van der Waals surface area contributed by atoms with E-state index in [2.05, 4.69) is 132 Å². The maximum absolute atomic E-state index is 14.1. The molecular formula is C64H50F6N2. The summed E-state index contributed by atoms with van der Waals surface area (Å²) in [6.45, 7) is 12.0. The molecule has 0 fully saturated rings. The van der Waals surface area contributed by atoms with Crippen LogP contribution in [0.2, 0.25) is 0 Å². The number of halogens is 6. The molecule has 72 heavy (non-hydrogen) atoms. The van der Waals surface area contributed by atoms with Crippen LogP contribution in [0.5, 0.6) is 0 Å². The molecule has 0 saturated carbocycles. The van der Waals surface area contributed by atoms with Crippen LogP contribution in [0.3, 0.4) is 0 Å². The molecule has 2 aliphatic rings. The fourth-order valence-electron chi connectivity index (χ4n) is 7.83. The summed E-state index contributed by atoms with van der Waals surface area (Å²) in [5.41, 5.74) is 4.64. The Morgan fingerprint density at radius 3 is 0.833 bits per heavy atom. The first-order valence-electron chi connectivity index (χ1n) is 24.3. The molecule has 5 aromatic rings. The normalized spacial score (nSPS) is 11.6. The standard InChI is InChI=1S/C64H50F6N2/c1-5-9-37-71(38-10-6-2)61-35-31-49-23-27-57-41-55(25-21-47-29-33-59(63(65,66)67)43-51(47)17-13-15-19-53(49)45-61)56-26-22-48-30-34-60(64(68,69)70)44-52(48)18-14-16-20-54-46-62(72(39-11-7-3)40-12-8-4)36-32-50(54)24-28-58(57)42-56/h29-36,41-46H,5-12,37-40H2,1-4H3. The summed E-state index contributed by atoms with van der Waals surface area (Å²) in [6.07, 6.45) is -1.20. The molecular weight excluding hydrogens is 911 g/mol. The van der Waals surface area contributed by atoms with Crippen molar-refractivity contribution in [1.29, 1.82) is 0 Å². The molecule has 5 aromatic carbocycles. The average molecular weight is 961 g/mol. The van der Waals surface area contributed by atoms with Gasteiger partial charge in [-0.25, -0.2) is 0 Å². The smallest absolute Gasteiger partial charge is 0.372 e. The summed E-state index contributed by atoms with van der Waals surface area (Å²) in [5, 5.41) is 0. The summed E-state index contributed by atoms with van der Waals surface area (Å²) >= 11 is 0. The Kier molecular flexibility index (Phi) is 17.2. The van der Waals surface area contributed by atoms with E-state index < -0.39 is 23.5 Å². The first kappa shape index (κ1) is 51.6.